The zero-order chi connectivity index (χ0) is 41.9. The van der Waals surface area contributed by atoms with Crippen molar-refractivity contribution in [2.45, 2.75) is 12.8 Å². The highest BCUT2D eigenvalue weighted by Gasteiger charge is 2.23. The number of hydrogen-bond donors (Lipinski definition) is 0. The second kappa shape index (κ2) is 13.6. The minimum absolute atomic E-state index is 1.00. The predicted octanol–water partition coefficient (Wildman–Crippen LogP) is 15.5. The highest BCUT2D eigenvalue weighted by Crippen LogP contribution is 2.43. The Bertz CT molecular complexity index is 4000. The lowest BCUT2D eigenvalue weighted by Gasteiger charge is -2.18. The Morgan fingerprint density at radius 2 is 0.812 bits per heavy atom. The molecule has 0 aliphatic heterocycles. The lowest BCUT2D eigenvalue weighted by atomic mass is 10.0. The van der Waals surface area contributed by atoms with Crippen molar-refractivity contribution in [1.29, 1.82) is 0 Å². The van der Waals surface area contributed by atoms with Crippen molar-refractivity contribution >= 4 is 82.4 Å². The lowest BCUT2D eigenvalue weighted by Crippen LogP contribution is -2.05. The van der Waals surface area contributed by atoms with Crippen molar-refractivity contribution in [2.75, 3.05) is 0 Å². The van der Waals surface area contributed by atoms with E-state index in [0.29, 0.717) is 0 Å². The summed E-state index contributed by atoms with van der Waals surface area (Å²) in [5, 5.41) is 8.85. The Kier molecular flexibility index (Phi) is 7.48. The first-order valence-corrected chi connectivity index (χ1v) is 22.3. The highest BCUT2D eigenvalue weighted by atomic mass is 15.0. The number of aromatic nitrogens is 4. The van der Waals surface area contributed by atoms with Crippen LogP contribution in [0.25, 0.3) is 116 Å². The SMILES string of the molecule is C1=Cc2c(n(-c3cc(-c4ccc(-n5c6ccccc6c6c5ccc5c7ccccc7n(-c7ccccc7)c56)cc4)cc(-n4c5ccccc5c5ccccc54)c3)c3ccccc23)CC1. The second-order valence-corrected chi connectivity index (χ2v) is 17.2. The molecule has 14 rings (SSSR count). The molecule has 0 amide bonds. The molecule has 64 heavy (non-hydrogen) atoms. The fourth-order valence-electron chi connectivity index (χ4n) is 11.1. The van der Waals surface area contributed by atoms with E-state index in [0.717, 1.165) is 29.9 Å². The van der Waals surface area contributed by atoms with Crippen molar-refractivity contribution in [2.24, 2.45) is 0 Å². The van der Waals surface area contributed by atoms with Gasteiger partial charge in [0, 0.05) is 71.7 Å². The fraction of sp³-hybridized carbons (Fsp3) is 0.0333. The fourth-order valence-corrected chi connectivity index (χ4v) is 11.1. The van der Waals surface area contributed by atoms with Crippen molar-refractivity contribution in [3.05, 3.63) is 224 Å². The van der Waals surface area contributed by atoms with Gasteiger partial charge in [0.15, 0.2) is 0 Å². The first-order valence-electron chi connectivity index (χ1n) is 22.3. The molecule has 0 atom stereocenters. The van der Waals surface area contributed by atoms with E-state index in [1.165, 1.54) is 104 Å². The third-order valence-corrected chi connectivity index (χ3v) is 13.8. The molecule has 0 saturated heterocycles. The molecule has 1 aliphatic rings. The predicted molar refractivity (Wildman–Crippen MR) is 269 cm³/mol. The number of fused-ring (bicyclic) bond motifs is 13. The average Bonchev–Trinajstić information content (AvgIpc) is 4.09. The molecular formula is C60H40N4. The van der Waals surface area contributed by atoms with Gasteiger partial charge in [0.05, 0.1) is 38.6 Å². The summed E-state index contributed by atoms with van der Waals surface area (Å²) in [7, 11) is 0. The second-order valence-electron chi connectivity index (χ2n) is 17.2. The van der Waals surface area contributed by atoms with Crippen LogP contribution in [0.2, 0.25) is 0 Å². The Morgan fingerprint density at radius 3 is 1.48 bits per heavy atom. The quantitative estimate of drug-likeness (QED) is 0.165. The monoisotopic (exact) mass is 816 g/mol. The molecule has 4 heteroatoms. The van der Waals surface area contributed by atoms with E-state index in [-0.39, 0.29) is 0 Å². The Hall–Kier alpha value is -8.34. The van der Waals surface area contributed by atoms with Gasteiger partial charge in [-0.1, -0.05) is 140 Å². The third-order valence-electron chi connectivity index (χ3n) is 13.8. The van der Waals surface area contributed by atoms with Crippen molar-refractivity contribution < 1.29 is 0 Å². The van der Waals surface area contributed by atoms with Gasteiger partial charge in [-0.2, -0.15) is 0 Å². The molecule has 300 valence electrons. The zero-order valence-electron chi connectivity index (χ0n) is 35.0. The summed E-state index contributed by atoms with van der Waals surface area (Å²) in [5.74, 6) is 0. The molecule has 9 aromatic carbocycles. The van der Waals surface area contributed by atoms with E-state index in [4.69, 9.17) is 0 Å². The maximum atomic E-state index is 2.52. The normalized spacial score (nSPS) is 12.8. The maximum Gasteiger partial charge on any atom is 0.0641 e. The van der Waals surface area contributed by atoms with Gasteiger partial charge in [0.1, 0.15) is 0 Å². The smallest absolute Gasteiger partial charge is 0.0641 e. The summed E-state index contributed by atoms with van der Waals surface area (Å²) < 4.78 is 9.89. The molecule has 0 saturated carbocycles. The number of benzene rings is 9. The first-order chi connectivity index (χ1) is 31.8. The molecule has 0 radical (unpaired) electrons. The first kappa shape index (κ1) is 35.3. The summed E-state index contributed by atoms with van der Waals surface area (Å²) in [6.07, 6.45) is 6.69. The summed E-state index contributed by atoms with van der Waals surface area (Å²) >= 11 is 0. The van der Waals surface area contributed by atoms with Crippen LogP contribution in [0, 0.1) is 0 Å². The Balaban J connectivity index is 0.994. The van der Waals surface area contributed by atoms with E-state index in [9.17, 15) is 0 Å². The molecule has 4 heterocycles. The Labute approximate surface area is 369 Å². The van der Waals surface area contributed by atoms with Crippen LogP contribution in [0.3, 0.4) is 0 Å². The lowest BCUT2D eigenvalue weighted by molar-refractivity contribution is 0.888. The van der Waals surface area contributed by atoms with E-state index in [1.807, 2.05) is 0 Å². The third kappa shape index (κ3) is 4.99. The number of allylic oxidation sites excluding steroid dienone is 1. The van der Waals surface area contributed by atoms with Crippen LogP contribution in [0.5, 0.6) is 0 Å². The van der Waals surface area contributed by atoms with Gasteiger partial charge in [-0.15, -0.1) is 0 Å². The molecule has 0 unspecified atom stereocenters. The van der Waals surface area contributed by atoms with Crippen molar-refractivity contribution in [3.63, 3.8) is 0 Å². The molecule has 13 aromatic rings. The average molecular weight is 817 g/mol. The van der Waals surface area contributed by atoms with Gasteiger partial charge in [-0.3, -0.25) is 0 Å². The van der Waals surface area contributed by atoms with E-state index in [1.54, 1.807) is 0 Å². The number of rotatable bonds is 5. The van der Waals surface area contributed by atoms with Gasteiger partial charge < -0.3 is 18.3 Å². The van der Waals surface area contributed by atoms with Gasteiger partial charge in [-0.05, 0) is 103 Å². The molecule has 0 N–H and O–H groups in total. The number of nitrogens with zero attached hydrogens (tertiary/aromatic N) is 4. The standard InChI is InChI=1S/C60H40N4/c1-2-16-41(17-3-1)64-56-28-14-8-22-49(56)50-34-35-58-59(60(50)64)51-23-9-15-29-57(51)61(58)42-32-30-39(31-33-42)40-36-43(62-52-24-10-4-18-45(52)46-19-5-11-25-53(46)62)38-44(37-40)63-54-26-12-6-20-47(54)48-21-7-13-27-55(48)63/h1-12,14-26,28-38H,13,27H2. The summed E-state index contributed by atoms with van der Waals surface area (Å²) in [5.41, 5.74) is 18.1. The molecule has 0 fully saturated rings. The van der Waals surface area contributed by atoms with Crippen LogP contribution < -0.4 is 0 Å². The van der Waals surface area contributed by atoms with E-state index < -0.39 is 0 Å². The van der Waals surface area contributed by atoms with Crippen LogP contribution >= 0.6 is 0 Å². The van der Waals surface area contributed by atoms with Crippen LogP contribution in [0.4, 0.5) is 0 Å². The van der Waals surface area contributed by atoms with Crippen LogP contribution in [-0.2, 0) is 6.42 Å². The van der Waals surface area contributed by atoms with Gasteiger partial charge >= 0.3 is 0 Å². The van der Waals surface area contributed by atoms with Crippen LogP contribution in [-0.4, -0.2) is 18.3 Å². The van der Waals surface area contributed by atoms with Crippen LogP contribution in [0.15, 0.2) is 212 Å². The van der Waals surface area contributed by atoms with E-state index >= 15 is 0 Å². The number of hydrogen-bond acceptors (Lipinski definition) is 0. The molecule has 4 nitrogen and oxygen atoms in total. The van der Waals surface area contributed by atoms with Crippen molar-refractivity contribution in [3.8, 4) is 33.9 Å². The molecule has 4 aromatic heterocycles. The van der Waals surface area contributed by atoms with E-state index in [2.05, 4.69) is 237 Å². The minimum atomic E-state index is 1.00. The molecular weight excluding hydrogens is 777 g/mol. The van der Waals surface area contributed by atoms with Crippen LogP contribution in [0.1, 0.15) is 17.7 Å². The van der Waals surface area contributed by atoms with Crippen molar-refractivity contribution in [1.82, 2.24) is 18.3 Å². The molecule has 1 aliphatic carbocycles. The summed E-state index contributed by atoms with van der Waals surface area (Å²) in [4.78, 5) is 0. The molecule has 0 spiro atoms. The highest BCUT2D eigenvalue weighted by molar-refractivity contribution is 6.26. The summed E-state index contributed by atoms with van der Waals surface area (Å²) in [6.45, 7) is 0. The zero-order valence-corrected chi connectivity index (χ0v) is 35.0. The maximum absolute atomic E-state index is 2.52. The van der Waals surface area contributed by atoms with Gasteiger partial charge in [0.25, 0.3) is 0 Å². The molecule has 0 bridgehead atoms. The van der Waals surface area contributed by atoms with Gasteiger partial charge in [0.2, 0.25) is 0 Å². The Morgan fingerprint density at radius 1 is 0.312 bits per heavy atom. The summed E-state index contributed by atoms with van der Waals surface area (Å²) in [6, 6.07) is 76.1. The largest absolute Gasteiger partial charge is 0.313 e. The van der Waals surface area contributed by atoms with Gasteiger partial charge in [-0.25, -0.2) is 0 Å². The minimum Gasteiger partial charge on any atom is -0.313 e. The number of para-hydroxylation sites is 6. The topological polar surface area (TPSA) is 19.7 Å².